The molecule has 0 fully saturated rings. The van der Waals surface area contributed by atoms with Crippen LogP contribution in [0.2, 0.25) is 0 Å². The molecule has 2 nitrogen and oxygen atoms in total. The van der Waals surface area contributed by atoms with E-state index in [9.17, 15) is 9.90 Å². The van der Waals surface area contributed by atoms with Crippen LogP contribution in [-0.4, -0.2) is 11.9 Å². The number of Topliss-reactive ketones (excluding diaryl/α,β-unsaturated/α-hetero) is 1. The monoisotopic (exact) mass is 165 g/mol. The molecule has 0 saturated carbocycles. The van der Waals surface area contributed by atoms with Crippen molar-refractivity contribution in [2.75, 3.05) is 0 Å². The number of ketones is 1. The molecule has 12 heavy (non-hydrogen) atoms. The summed E-state index contributed by atoms with van der Waals surface area (Å²) in [7, 11) is 0. The minimum Gasteiger partial charge on any atom is -0.846 e. The zero-order valence-electron chi connectivity index (χ0n) is 7.89. The van der Waals surface area contributed by atoms with Crippen LogP contribution in [0.4, 0.5) is 0 Å². The van der Waals surface area contributed by atoms with Crippen LogP contribution in [0.15, 0.2) is 22.3 Å². The first kappa shape index (κ1) is 9.20. The summed E-state index contributed by atoms with van der Waals surface area (Å²) in [6.45, 7) is 6.92. The van der Waals surface area contributed by atoms with Crippen LogP contribution >= 0.6 is 0 Å². The number of rotatable bonds is 0. The molecule has 66 valence electrons. The molecule has 1 aliphatic rings. The lowest BCUT2D eigenvalue weighted by atomic mass is 9.86. The highest BCUT2D eigenvalue weighted by Gasteiger charge is 2.20. The van der Waals surface area contributed by atoms with E-state index in [0.717, 1.165) is 0 Å². The van der Waals surface area contributed by atoms with E-state index in [-0.39, 0.29) is 5.78 Å². The number of hydrogen-bond acceptors (Lipinski definition) is 2. The van der Waals surface area contributed by atoms with Crippen molar-refractivity contribution in [3.8, 4) is 0 Å². The molecule has 0 aliphatic heterocycles. The molecule has 0 atom stereocenters. The number of hydrogen-bond donors (Lipinski definition) is 0. The minimum atomic E-state index is -0.803. The average molecular weight is 165 g/mol. The molecule has 0 radical (unpaired) electrons. The van der Waals surface area contributed by atoms with E-state index >= 15 is 0 Å². The normalized spacial score (nSPS) is 20.9. The van der Waals surface area contributed by atoms with E-state index in [2.05, 4.69) is 0 Å². The second-order valence-corrected chi connectivity index (χ2v) is 3.33. The molecular formula is C10H13O2-. The first-order valence-electron chi connectivity index (χ1n) is 4.02. The summed E-state index contributed by atoms with van der Waals surface area (Å²) in [5.74, 6) is 0.0251. The Kier molecular flexibility index (Phi) is 2.20. The molecule has 0 amide bonds. The smallest absolute Gasteiger partial charge is 0.184 e. The predicted octanol–water partition coefficient (Wildman–Crippen LogP) is 0.971. The van der Waals surface area contributed by atoms with Gasteiger partial charge in [0.05, 0.1) is 0 Å². The van der Waals surface area contributed by atoms with E-state index in [1.54, 1.807) is 27.7 Å². The van der Waals surface area contributed by atoms with Crippen molar-refractivity contribution in [2.24, 2.45) is 0 Å². The maximum absolute atomic E-state index is 11.5. The summed E-state index contributed by atoms with van der Waals surface area (Å²) in [6.07, 6.45) is -0.803. The second-order valence-electron chi connectivity index (χ2n) is 3.33. The van der Waals surface area contributed by atoms with Crippen LogP contribution < -0.4 is 5.11 Å². The predicted molar refractivity (Wildman–Crippen MR) is 45.5 cm³/mol. The Hall–Kier alpha value is -0.890. The first-order chi connectivity index (χ1) is 5.46. The van der Waals surface area contributed by atoms with Gasteiger partial charge in [0, 0.05) is 0 Å². The average Bonchev–Trinajstić information content (AvgIpc) is 2.08. The van der Waals surface area contributed by atoms with Gasteiger partial charge in [-0.1, -0.05) is 17.3 Å². The van der Waals surface area contributed by atoms with E-state index in [0.29, 0.717) is 22.3 Å². The molecule has 0 bridgehead atoms. The lowest BCUT2D eigenvalue weighted by Gasteiger charge is -2.31. The molecule has 2 heteroatoms. The largest absolute Gasteiger partial charge is 0.846 e. The van der Waals surface area contributed by atoms with E-state index in [4.69, 9.17) is 0 Å². The lowest BCUT2D eigenvalue weighted by Crippen LogP contribution is -2.34. The van der Waals surface area contributed by atoms with Gasteiger partial charge < -0.3 is 5.11 Å². The number of carbonyl (C=O) groups is 1. The Labute approximate surface area is 72.6 Å². The summed E-state index contributed by atoms with van der Waals surface area (Å²) in [5, 5.41) is 11.5. The Morgan fingerprint density at radius 3 is 1.67 bits per heavy atom. The Bertz CT molecular complexity index is 267. The zero-order chi connectivity index (χ0) is 9.46. The first-order valence-corrected chi connectivity index (χ1v) is 4.02. The number of allylic oxidation sites excluding steroid dienone is 2. The standard InChI is InChI=1S/C10H13O2/c1-5-6(2)10(12)8(4)7(3)9(5)11/h9H,1-4H3/q-1. The third-order valence-corrected chi connectivity index (χ3v) is 2.65. The minimum absolute atomic E-state index is 0.0251. The van der Waals surface area contributed by atoms with Crippen LogP contribution in [-0.2, 0) is 4.79 Å². The van der Waals surface area contributed by atoms with Crippen molar-refractivity contribution in [1.82, 2.24) is 0 Å². The van der Waals surface area contributed by atoms with Gasteiger partial charge in [-0.3, -0.25) is 4.79 Å². The van der Waals surface area contributed by atoms with Gasteiger partial charge >= 0.3 is 0 Å². The third-order valence-electron chi connectivity index (χ3n) is 2.65. The van der Waals surface area contributed by atoms with Crippen molar-refractivity contribution < 1.29 is 9.90 Å². The summed E-state index contributed by atoms with van der Waals surface area (Å²) in [5.41, 5.74) is 2.59. The molecule has 0 unspecified atom stereocenters. The number of carbonyl (C=O) groups excluding carboxylic acids is 1. The molecule has 0 saturated heterocycles. The van der Waals surface area contributed by atoms with E-state index in [1.165, 1.54) is 0 Å². The van der Waals surface area contributed by atoms with Crippen molar-refractivity contribution in [1.29, 1.82) is 0 Å². The maximum Gasteiger partial charge on any atom is 0.184 e. The van der Waals surface area contributed by atoms with Crippen LogP contribution in [0.5, 0.6) is 0 Å². The fourth-order valence-corrected chi connectivity index (χ4v) is 1.36. The molecule has 0 aromatic heterocycles. The van der Waals surface area contributed by atoms with Gasteiger partial charge in [0.25, 0.3) is 0 Å². The molecule has 1 aliphatic carbocycles. The van der Waals surface area contributed by atoms with Gasteiger partial charge in [0.15, 0.2) is 5.78 Å². The third kappa shape index (κ3) is 1.12. The van der Waals surface area contributed by atoms with Crippen LogP contribution in [0, 0.1) is 0 Å². The second kappa shape index (κ2) is 2.87. The molecule has 0 spiro atoms. The summed E-state index contributed by atoms with van der Waals surface area (Å²) in [4.78, 5) is 11.4. The highest BCUT2D eigenvalue weighted by molar-refractivity contribution is 6.09. The Morgan fingerprint density at radius 2 is 1.33 bits per heavy atom. The fraction of sp³-hybridized carbons (Fsp3) is 0.500. The summed E-state index contributed by atoms with van der Waals surface area (Å²) < 4.78 is 0. The molecular weight excluding hydrogens is 152 g/mol. The highest BCUT2D eigenvalue weighted by Crippen LogP contribution is 2.25. The molecule has 0 aromatic rings. The van der Waals surface area contributed by atoms with E-state index in [1.807, 2.05) is 0 Å². The fourth-order valence-electron chi connectivity index (χ4n) is 1.36. The van der Waals surface area contributed by atoms with Gasteiger partial charge in [-0.2, -0.15) is 0 Å². The van der Waals surface area contributed by atoms with Gasteiger partial charge in [0.1, 0.15) is 0 Å². The van der Waals surface area contributed by atoms with Crippen LogP contribution in [0.1, 0.15) is 27.7 Å². The SMILES string of the molecule is CC1=C(C)C([O-])C(C)=C(C)C1=O. The van der Waals surface area contributed by atoms with E-state index < -0.39 is 6.10 Å². The maximum atomic E-state index is 11.5. The quantitative estimate of drug-likeness (QED) is 0.536. The van der Waals surface area contributed by atoms with Crippen molar-refractivity contribution in [2.45, 2.75) is 33.8 Å². The van der Waals surface area contributed by atoms with Gasteiger partial charge in [-0.25, -0.2) is 0 Å². The molecule has 0 heterocycles. The van der Waals surface area contributed by atoms with Crippen LogP contribution in [0.3, 0.4) is 0 Å². The van der Waals surface area contributed by atoms with Gasteiger partial charge in [-0.05, 0) is 38.8 Å². The van der Waals surface area contributed by atoms with Crippen molar-refractivity contribution in [3.05, 3.63) is 22.3 Å². The molecule has 1 rings (SSSR count). The summed E-state index contributed by atoms with van der Waals surface area (Å²) in [6, 6.07) is 0. The Balaban J connectivity index is 3.22. The highest BCUT2D eigenvalue weighted by atomic mass is 16.3. The molecule has 0 aromatic carbocycles. The lowest BCUT2D eigenvalue weighted by molar-refractivity contribution is -0.394. The Morgan fingerprint density at radius 1 is 1.00 bits per heavy atom. The topological polar surface area (TPSA) is 40.1 Å². The van der Waals surface area contributed by atoms with Crippen molar-refractivity contribution >= 4 is 5.78 Å². The van der Waals surface area contributed by atoms with Crippen LogP contribution in [0.25, 0.3) is 0 Å². The summed E-state index contributed by atoms with van der Waals surface area (Å²) >= 11 is 0. The zero-order valence-corrected chi connectivity index (χ0v) is 7.89. The van der Waals surface area contributed by atoms with Gasteiger partial charge in [0.2, 0.25) is 0 Å². The molecule has 0 N–H and O–H groups in total. The van der Waals surface area contributed by atoms with Crippen molar-refractivity contribution in [3.63, 3.8) is 0 Å². The van der Waals surface area contributed by atoms with Gasteiger partial charge in [-0.15, -0.1) is 0 Å².